The van der Waals surface area contributed by atoms with Crippen molar-refractivity contribution in [1.29, 1.82) is 0 Å². The Kier molecular flexibility index (Phi) is 6.92. The van der Waals surface area contributed by atoms with Crippen LogP contribution in [-0.2, 0) is 6.18 Å². The van der Waals surface area contributed by atoms with Crippen LogP contribution >= 0.6 is 11.6 Å². The zero-order valence-corrected chi connectivity index (χ0v) is 19.3. The predicted octanol–water partition coefficient (Wildman–Crippen LogP) is 5.48. The van der Waals surface area contributed by atoms with Crippen LogP contribution in [0.4, 0.5) is 40.0 Å². The lowest BCUT2D eigenvalue weighted by molar-refractivity contribution is -0.137. The van der Waals surface area contributed by atoms with Gasteiger partial charge in [-0.05, 0) is 37.3 Å². The molecule has 0 saturated heterocycles. The van der Waals surface area contributed by atoms with E-state index in [1.807, 2.05) is 0 Å². The Morgan fingerprint density at radius 1 is 0.972 bits per heavy atom. The van der Waals surface area contributed by atoms with Crippen LogP contribution in [0.15, 0.2) is 48.8 Å². The minimum atomic E-state index is -4.65. The molecule has 4 rings (SSSR count). The van der Waals surface area contributed by atoms with E-state index in [-0.39, 0.29) is 11.5 Å². The number of hydrogen-bond donors (Lipinski definition) is 5. The number of urea groups is 2. The van der Waals surface area contributed by atoms with Gasteiger partial charge in [0.2, 0.25) is 0 Å². The molecule has 0 aliphatic carbocycles. The van der Waals surface area contributed by atoms with E-state index >= 15 is 0 Å². The van der Waals surface area contributed by atoms with Crippen LogP contribution in [0.2, 0.25) is 5.02 Å². The average molecular weight is 519 g/mol. The van der Waals surface area contributed by atoms with E-state index in [4.69, 9.17) is 11.6 Å². The van der Waals surface area contributed by atoms with E-state index in [9.17, 15) is 22.8 Å². The van der Waals surface area contributed by atoms with Crippen LogP contribution in [-0.4, -0.2) is 38.8 Å². The van der Waals surface area contributed by atoms with Crippen LogP contribution in [0.5, 0.6) is 0 Å². The molecule has 0 unspecified atom stereocenters. The van der Waals surface area contributed by atoms with Gasteiger partial charge in [0.05, 0.1) is 10.6 Å². The van der Waals surface area contributed by atoms with Gasteiger partial charge in [-0.2, -0.15) is 18.3 Å². The van der Waals surface area contributed by atoms with Crippen molar-refractivity contribution in [2.45, 2.75) is 13.1 Å². The van der Waals surface area contributed by atoms with Gasteiger partial charge >= 0.3 is 18.2 Å². The Labute approximate surface area is 206 Å². The minimum absolute atomic E-state index is 0.0689. The highest BCUT2D eigenvalue weighted by molar-refractivity contribution is 6.31. The molecule has 0 spiro atoms. The first-order valence-electron chi connectivity index (χ1n) is 10.4. The first kappa shape index (κ1) is 24.7. The summed E-state index contributed by atoms with van der Waals surface area (Å²) in [6.45, 7) is 2.23. The first-order valence-corrected chi connectivity index (χ1v) is 10.8. The number of aromatic nitrogens is 4. The quantitative estimate of drug-likeness (QED) is 0.238. The number of fused-ring (bicyclic) bond motifs is 1. The van der Waals surface area contributed by atoms with Gasteiger partial charge in [-0.15, -0.1) is 0 Å². The van der Waals surface area contributed by atoms with E-state index in [0.717, 1.165) is 12.1 Å². The first-order chi connectivity index (χ1) is 17.2. The van der Waals surface area contributed by atoms with Crippen molar-refractivity contribution in [2.24, 2.45) is 0 Å². The van der Waals surface area contributed by atoms with Crippen molar-refractivity contribution in [3.63, 3.8) is 0 Å². The maximum Gasteiger partial charge on any atom is 0.417 e. The fourth-order valence-electron chi connectivity index (χ4n) is 3.27. The molecule has 5 N–H and O–H groups in total. The second kappa shape index (κ2) is 10.1. The van der Waals surface area contributed by atoms with E-state index in [1.54, 1.807) is 31.2 Å². The smallest absolute Gasteiger partial charge is 0.338 e. The highest BCUT2D eigenvalue weighted by Gasteiger charge is 2.33. The number of alkyl halides is 3. The largest absolute Gasteiger partial charge is 0.417 e. The standard InChI is InChI=1S/C22H18ClF3N8O2/c1-2-27-20(35)32-19-18-17(28-10-29-19)16(33-34-18)11-3-5-12(6-4-11)30-21(36)31-13-7-8-15(23)14(9-13)22(24,25)26/h3-10H,2H2,1H3,(H,33,34)(H2,30,31,36)(H2,27,28,29,32,35). The Balaban J connectivity index is 1.47. The molecule has 0 saturated carbocycles. The molecular formula is C22H18ClF3N8O2. The number of carbonyl (C=O) groups excluding carboxylic acids is 2. The number of aromatic amines is 1. The van der Waals surface area contributed by atoms with E-state index in [0.29, 0.717) is 34.5 Å². The SMILES string of the molecule is CCNC(=O)Nc1ncnc2c(-c3ccc(NC(=O)Nc4ccc(Cl)c(C(F)(F)F)c4)cc3)n[nH]c12. The van der Waals surface area contributed by atoms with Crippen LogP contribution in [0.3, 0.4) is 0 Å². The number of anilines is 3. The lowest BCUT2D eigenvalue weighted by atomic mass is 10.1. The maximum absolute atomic E-state index is 13.0. The molecule has 4 amide bonds. The minimum Gasteiger partial charge on any atom is -0.338 e. The van der Waals surface area contributed by atoms with Crippen LogP contribution in [0.25, 0.3) is 22.3 Å². The zero-order chi connectivity index (χ0) is 25.9. The van der Waals surface area contributed by atoms with Gasteiger partial charge in [0.1, 0.15) is 23.1 Å². The third kappa shape index (κ3) is 5.46. The third-order valence-electron chi connectivity index (χ3n) is 4.87. The molecule has 0 radical (unpaired) electrons. The molecule has 14 heteroatoms. The number of hydrogen-bond acceptors (Lipinski definition) is 5. The molecule has 0 aliphatic heterocycles. The summed E-state index contributed by atoms with van der Waals surface area (Å²) in [5, 5.41) is 16.7. The Bertz CT molecular complexity index is 1420. The maximum atomic E-state index is 13.0. The van der Waals surface area contributed by atoms with Crippen molar-refractivity contribution in [1.82, 2.24) is 25.5 Å². The number of amides is 4. The topological polar surface area (TPSA) is 137 Å². The molecule has 0 aliphatic rings. The molecule has 10 nitrogen and oxygen atoms in total. The number of nitrogens with zero attached hydrogens (tertiary/aromatic N) is 3. The van der Waals surface area contributed by atoms with Gasteiger partial charge in [-0.1, -0.05) is 23.7 Å². The zero-order valence-electron chi connectivity index (χ0n) is 18.5. The van der Waals surface area contributed by atoms with E-state index in [2.05, 4.69) is 41.4 Å². The number of carbonyl (C=O) groups is 2. The molecule has 0 fully saturated rings. The third-order valence-corrected chi connectivity index (χ3v) is 5.20. The van der Waals surface area contributed by atoms with E-state index < -0.39 is 28.8 Å². The Morgan fingerprint density at radius 2 is 1.67 bits per heavy atom. The molecule has 2 aromatic carbocycles. The summed E-state index contributed by atoms with van der Waals surface area (Å²) in [5.74, 6) is 0.260. The highest BCUT2D eigenvalue weighted by Crippen LogP contribution is 2.36. The fraction of sp³-hybridized carbons (Fsp3) is 0.136. The van der Waals surface area contributed by atoms with E-state index in [1.165, 1.54) is 12.4 Å². The molecule has 4 aromatic rings. The molecular weight excluding hydrogens is 501 g/mol. The van der Waals surface area contributed by atoms with Crippen LogP contribution < -0.4 is 21.3 Å². The normalized spacial score (nSPS) is 11.2. The van der Waals surface area contributed by atoms with Gasteiger partial charge in [0.25, 0.3) is 0 Å². The average Bonchev–Trinajstić information content (AvgIpc) is 3.25. The van der Waals surface area contributed by atoms with Gasteiger partial charge in [0.15, 0.2) is 5.82 Å². The molecule has 186 valence electrons. The predicted molar refractivity (Wildman–Crippen MR) is 129 cm³/mol. The molecule has 2 heterocycles. The van der Waals surface area contributed by atoms with Crippen molar-refractivity contribution < 1.29 is 22.8 Å². The van der Waals surface area contributed by atoms with Crippen molar-refractivity contribution in [3.8, 4) is 11.3 Å². The summed E-state index contributed by atoms with van der Waals surface area (Å²) in [6, 6.07) is 8.45. The van der Waals surface area contributed by atoms with Gasteiger partial charge in [-0.25, -0.2) is 19.6 Å². The Morgan fingerprint density at radius 3 is 2.36 bits per heavy atom. The number of benzene rings is 2. The highest BCUT2D eigenvalue weighted by atomic mass is 35.5. The summed E-state index contributed by atoms with van der Waals surface area (Å²) in [6.07, 6.45) is -3.36. The second-order valence-electron chi connectivity index (χ2n) is 7.35. The Hall–Kier alpha value is -4.39. The van der Waals surface area contributed by atoms with Crippen molar-refractivity contribution in [3.05, 3.63) is 59.4 Å². The van der Waals surface area contributed by atoms with Gasteiger partial charge in [-0.3, -0.25) is 10.4 Å². The van der Waals surface area contributed by atoms with Crippen LogP contribution in [0, 0.1) is 0 Å². The summed E-state index contributed by atoms with van der Waals surface area (Å²) in [7, 11) is 0. The molecule has 36 heavy (non-hydrogen) atoms. The van der Waals surface area contributed by atoms with Gasteiger partial charge < -0.3 is 16.0 Å². The molecule has 2 aromatic heterocycles. The van der Waals surface area contributed by atoms with Gasteiger partial charge in [0, 0.05) is 23.5 Å². The summed E-state index contributed by atoms with van der Waals surface area (Å²) in [4.78, 5) is 32.4. The number of H-pyrrole nitrogens is 1. The monoisotopic (exact) mass is 518 g/mol. The number of halogens is 4. The molecule has 0 atom stereocenters. The lowest BCUT2D eigenvalue weighted by Crippen LogP contribution is -2.28. The summed E-state index contributed by atoms with van der Waals surface area (Å²) < 4.78 is 39.1. The lowest BCUT2D eigenvalue weighted by Gasteiger charge is -2.12. The number of rotatable bonds is 5. The molecule has 0 bridgehead atoms. The number of nitrogens with one attached hydrogen (secondary N) is 5. The fourth-order valence-corrected chi connectivity index (χ4v) is 3.49. The van der Waals surface area contributed by atoms with Crippen LogP contribution in [0.1, 0.15) is 12.5 Å². The van der Waals surface area contributed by atoms with Crippen molar-refractivity contribution >= 4 is 51.9 Å². The van der Waals surface area contributed by atoms with Crippen molar-refractivity contribution in [2.75, 3.05) is 22.5 Å². The summed E-state index contributed by atoms with van der Waals surface area (Å²) in [5.41, 5.74) is 1.31. The second-order valence-corrected chi connectivity index (χ2v) is 7.76. The summed E-state index contributed by atoms with van der Waals surface area (Å²) >= 11 is 5.60.